The minimum absolute atomic E-state index is 0.0627. The van der Waals surface area contributed by atoms with Gasteiger partial charge in [0.15, 0.2) is 17.0 Å². The molecule has 1 N–H and O–H groups in total. The molecule has 0 radical (unpaired) electrons. The number of hydrogen-bond donors (Lipinski definition) is 1. The second-order valence-electron chi connectivity index (χ2n) is 10.6. The molecule has 2 saturated heterocycles. The number of nitrogens with zero attached hydrogens (tertiary/aromatic N) is 6. The van der Waals surface area contributed by atoms with Crippen molar-refractivity contribution >= 4 is 38.6 Å². The van der Waals surface area contributed by atoms with Gasteiger partial charge < -0.3 is 14.8 Å². The van der Waals surface area contributed by atoms with E-state index in [9.17, 15) is 13.2 Å². The van der Waals surface area contributed by atoms with Gasteiger partial charge in [0.1, 0.15) is 12.2 Å². The first kappa shape index (κ1) is 25.2. The van der Waals surface area contributed by atoms with Gasteiger partial charge >= 0.3 is 0 Å². The fraction of sp³-hybridized carbons (Fsp3) is 0.556. The molecule has 6 rings (SSSR count). The number of benzene rings is 1. The first-order valence-corrected chi connectivity index (χ1v) is 15.3. The Morgan fingerprint density at radius 2 is 1.66 bits per heavy atom. The largest absolute Gasteiger partial charge is 0.354 e. The molecule has 10 nitrogen and oxygen atoms in total. The maximum Gasteiger partial charge on any atom is 0.243 e. The van der Waals surface area contributed by atoms with Crippen LogP contribution in [0.5, 0.6) is 0 Å². The Morgan fingerprint density at radius 3 is 2.47 bits per heavy atom. The number of sulfonamides is 1. The topological polar surface area (TPSA) is 113 Å². The molecule has 1 amide bonds. The van der Waals surface area contributed by atoms with E-state index in [0.717, 1.165) is 87.3 Å². The molecule has 0 saturated carbocycles. The quantitative estimate of drug-likeness (QED) is 0.529. The molecule has 38 heavy (non-hydrogen) atoms. The Hall–Kier alpha value is -3.05. The zero-order valence-corrected chi connectivity index (χ0v) is 22.5. The normalized spacial score (nSPS) is 21.2. The van der Waals surface area contributed by atoms with Crippen molar-refractivity contribution in [3.05, 3.63) is 36.4 Å². The van der Waals surface area contributed by atoms with Gasteiger partial charge in [-0.3, -0.25) is 4.79 Å². The average Bonchev–Trinajstić information content (AvgIpc) is 3.14. The smallest absolute Gasteiger partial charge is 0.243 e. The van der Waals surface area contributed by atoms with Crippen LogP contribution in [0.15, 0.2) is 35.5 Å². The van der Waals surface area contributed by atoms with Gasteiger partial charge in [-0.05, 0) is 62.8 Å². The maximum absolute atomic E-state index is 13.2. The van der Waals surface area contributed by atoms with E-state index in [-0.39, 0.29) is 16.7 Å². The van der Waals surface area contributed by atoms with Crippen LogP contribution < -0.4 is 10.2 Å². The lowest BCUT2D eigenvalue weighted by molar-refractivity contribution is -0.120. The van der Waals surface area contributed by atoms with Crippen LogP contribution in [0.25, 0.3) is 11.2 Å². The van der Waals surface area contributed by atoms with Crippen molar-refractivity contribution in [2.24, 2.45) is 5.92 Å². The number of imidazole rings is 1. The predicted molar refractivity (Wildman–Crippen MR) is 145 cm³/mol. The number of aromatic nitrogens is 4. The van der Waals surface area contributed by atoms with Gasteiger partial charge in [-0.25, -0.2) is 23.4 Å². The maximum atomic E-state index is 13.2. The first-order valence-electron chi connectivity index (χ1n) is 13.9. The lowest BCUT2D eigenvalue weighted by Crippen LogP contribution is -2.41. The van der Waals surface area contributed by atoms with Gasteiger partial charge in [-0.2, -0.15) is 4.31 Å². The predicted octanol–water partition coefficient (Wildman–Crippen LogP) is 3.58. The van der Waals surface area contributed by atoms with Crippen molar-refractivity contribution in [1.29, 1.82) is 0 Å². The molecule has 3 aliphatic heterocycles. The third kappa shape index (κ3) is 4.89. The molecule has 202 valence electrons. The zero-order chi connectivity index (χ0) is 26.1. The van der Waals surface area contributed by atoms with E-state index in [2.05, 4.69) is 24.8 Å². The second-order valence-corrected chi connectivity index (χ2v) is 12.6. The number of carbonyl (C=O) groups excluding carboxylic acids is 1. The van der Waals surface area contributed by atoms with Crippen LogP contribution in [0.2, 0.25) is 0 Å². The van der Waals surface area contributed by atoms with E-state index < -0.39 is 10.0 Å². The summed E-state index contributed by atoms with van der Waals surface area (Å²) in [5.74, 6) is 1.62. The van der Waals surface area contributed by atoms with Crippen molar-refractivity contribution in [1.82, 2.24) is 23.8 Å². The molecule has 5 heterocycles. The number of carbonyl (C=O) groups is 1. The van der Waals surface area contributed by atoms with Crippen LogP contribution in [0.4, 0.5) is 11.5 Å². The summed E-state index contributed by atoms with van der Waals surface area (Å²) in [5, 5.41) is 3.00. The Labute approximate surface area is 223 Å². The number of rotatable bonds is 5. The molecule has 1 atom stereocenters. The Morgan fingerprint density at radius 1 is 0.895 bits per heavy atom. The highest BCUT2D eigenvalue weighted by molar-refractivity contribution is 7.89. The number of piperidine rings is 2. The van der Waals surface area contributed by atoms with Gasteiger partial charge in [0.05, 0.1) is 10.8 Å². The first-order chi connectivity index (χ1) is 18.5. The standard InChI is InChI=1S/C27H35N7O3S/c35-27(30-21-10-12-22(13-11-21)38(36,37)33-15-4-2-5-16-33)20-8-7-14-32(18-20)25-24-26(29-19-28-25)34-17-6-1-3-9-23(34)31-24/h10-13,19-20H,1-9,14-18H2,(H,30,35)/t20-/m1/s1. The molecule has 3 aromatic rings. The summed E-state index contributed by atoms with van der Waals surface area (Å²) >= 11 is 0. The molecule has 2 fully saturated rings. The van der Waals surface area contributed by atoms with Crippen LogP contribution in [0.1, 0.15) is 57.2 Å². The molecular weight excluding hydrogens is 502 g/mol. The molecule has 11 heteroatoms. The van der Waals surface area contributed by atoms with Crippen LogP contribution in [-0.2, 0) is 27.8 Å². The lowest BCUT2D eigenvalue weighted by Gasteiger charge is -2.32. The highest BCUT2D eigenvalue weighted by Crippen LogP contribution is 2.30. The fourth-order valence-electron chi connectivity index (χ4n) is 5.95. The summed E-state index contributed by atoms with van der Waals surface area (Å²) in [5.41, 5.74) is 2.32. The Bertz CT molecular complexity index is 1410. The fourth-order valence-corrected chi connectivity index (χ4v) is 7.47. The molecule has 0 unspecified atom stereocenters. The van der Waals surface area contributed by atoms with Crippen molar-refractivity contribution in [3.8, 4) is 0 Å². The highest BCUT2D eigenvalue weighted by Gasteiger charge is 2.30. The van der Waals surface area contributed by atoms with Crippen LogP contribution >= 0.6 is 0 Å². The third-order valence-corrected chi connectivity index (χ3v) is 9.95. The molecule has 2 aromatic heterocycles. The van der Waals surface area contributed by atoms with E-state index in [1.165, 1.54) is 6.42 Å². The van der Waals surface area contributed by atoms with E-state index >= 15 is 0 Å². The average molecular weight is 538 g/mol. The monoisotopic (exact) mass is 537 g/mol. The van der Waals surface area contributed by atoms with Crippen LogP contribution in [0.3, 0.4) is 0 Å². The van der Waals surface area contributed by atoms with E-state index in [4.69, 9.17) is 4.98 Å². The zero-order valence-electron chi connectivity index (χ0n) is 21.7. The Balaban J connectivity index is 1.15. The molecule has 3 aliphatic rings. The lowest BCUT2D eigenvalue weighted by atomic mass is 9.97. The molecule has 0 bridgehead atoms. The van der Waals surface area contributed by atoms with Crippen molar-refractivity contribution in [2.45, 2.75) is 69.2 Å². The molecule has 0 aliphatic carbocycles. The summed E-state index contributed by atoms with van der Waals surface area (Å²) in [4.78, 5) is 29.7. The highest BCUT2D eigenvalue weighted by atomic mass is 32.2. The number of anilines is 2. The van der Waals surface area contributed by atoms with Gasteiger partial charge in [-0.1, -0.05) is 12.8 Å². The summed E-state index contributed by atoms with van der Waals surface area (Å²) in [6.45, 7) is 3.45. The number of fused-ring (bicyclic) bond motifs is 3. The second kappa shape index (κ2) is 10.6. The van der Waals surface area contributed by atoms with Crippen LogP contribution in [0, 0.1) is 5.92 Å². The Kier molecular flexibility index (Phi) is 7.05. The molecule has 1 aromatic carbocycles. The minimum atomic E-state index is -3.49. The number of hydrogen-bond acceptors (Lipinski definition) is 7. The number of amides is 1. The van der Waals surface area contributed by atoms with E-state index in [0.29, 0.717) is 25.3 Å². The van der Waals surface area contributed by atoms with Crippen molar-refractivity contribution in [2.75, 3.05) is 36.4 Å². The van der Waals surface area contributed by atoms with Gasteiger partial charge in [0.2, 0.25) is 15.9 Å². The number of nitrogens with one attached hydrogen (secondary N) is 1. The van der Waals surface area contributed by atoms with E-state index in [1.807, 2.05) is 0 Å². The van der Waals surface area contributed by atoms with Gasteiger partial charge in [-0.15, -0.1) is 0 Å². The van der Waals surface area contributed by atoms with Gasteiger partial charge in [0, 0.05) is 44.8 Å². The van der Waals surface area contributed by atoms with Crippen LogP contribution in [-0.4, -0.2) is 64.3 Å². The SMILES string of the molecule is O=C(Nc1ccc(S(=O)(=O)N2CCCCC2)cc1)[C@@H]1CCCN(c2ncnc3c2nc2n3CCCCC2)C1. The third-order valence-electron chi connectivity index (χ3n) is 8.04. The van der Waals surface area contributed by atoms with Crippen molar-refractivity contribution in [3.63, 3.8) is 0 Å². The summed E-state index contributed by atoms with van der Waals surface area (Å²) < 4.78 is 29.7. The molecular formula is C27H35N7O3S. The van der Waals surface area contributed by atoms with Gasteiger partial charge in [0.25, 0.3) is 0 Å². The molecule has 0 spiro atoms. The minimum Gasteiger partial charge on any atom is -0.354 e. The summed E-state index contributed by atoms with van der Waals surface area (Å²) in [6, 6.07) is 6.54. The van der Waals surface area contributed by atoms with E-state index in [1.54, 1.807) is 34.9 Å². The summed E-state index contributed by atoms with van der Waals surface area (Å²) in [7, 11) is -3.49. The van der Waals surface area contributed by atoms with Crippen molar-refractivity contribution < 1.29 is 13.2 Å². The summed E-state index contributed by atoms with van der Waals surface area (Å²) in [6.07, 6.45) is 10.6. The number of aryl methyl sites for hydroxylation is 2.